The molecule has 1 aliphatic heterocycles. The van der Waals surface area contributed by atoms with Crippen molar-refractivity contribution in [1.29, 1.82) is 0 Å². The molecular formula is C17H25NO3. The Balaban J connectivity index is 1.63. The van der Waals surface area contributed by atoms with Gasteiger partial charge in [-0.15, -0.1) is 0 Å². The molecule has 2 rings (SSSR count). The van der Waals surface area contributed by atoms with Crippen LogP contribution in [0.5, 0.6) is 5.75 Å². The average Bonchev–Trinajstić information content (AvgIpc) is 2.54. The average molecular weight is 291 g/mol. The zero-order valence-electron chi connectivity index (χ0n) is 12.8. The van der Waals surface area contributed by atoms with E-state index in [4.69, 9.17) is 9.47 Å². The lowest BCUT2D eigenvalue weighted by Crippen LogP contribution is -2.40. The Bertz CT molecular complexity index is 424. The molecule has 4 heteroatoms. The fourth-order valence-electron chi connectivity index (χ4n) is 2.43. The van der Waals surface area contributed by atoms with Gasteiger partial charge in [-0.1, -0.05) is 25.5 Å². The minimum absolute atomic E-state index is 0.209. The van der Waals surface area contributed by atoms with Crippen molar-refractivity contribution in [3.63, 3.8) is 0 Å². The van der Waals surface area contributed by atoms with Gasteiger partial charge in [0.25, 0.3) is 0 Å². The molecule has 116 valence electrons. The Labute approximate surface area is 127 Å². The maximum atomic E-state index is 11.9. The predicted octanol–water partition coefficient (Wildman–Crippen LogP) is 2.66. The third-order valence-corrected chi connectivity index (χ3v) is 3.63. The van der Waals surface area contributed by atoms with Crippen LogP contribution in [0.25, 0.3) is 0 Å². The van der Waals surface area contributed by atoms with Crippen molar-refractivity contribution in [3.05, 3.63) is 29.8 Å². The molecule has 21 heavy (non-hydrogen) atoms. The quantitative estimate of drug-likeness (QED) is 0.725. The van der Waals surface area contributed by atoms with Crippen molar-refractivity contribution in [2.45, 2.75) is 32.6 Å². The summed E-state index contributed by atoms with van der Waals surface area (Å²) in [5.41, 5.74) is 1.34. The molecule has 1 aromatic carbocycles. The second kappa shape index (κ2) is 8.67. The molecule has 0 atom stereocenters. The van der Waals surface area contributed by atoms with E-state index in [1.807, 2.05) is 17.0 Å². The van der Waals surface area contributed by atoms with Crippen molar-refractivity contribution in [2.75, 3.05) is 32.9 Å². The lowest BCUT2D eigenvalue weighted by Gasteiger charge is -2.26. The highest BCUT2D eigenvalue weighted by molar-refractivity contribution is 5.76. The van der Waals surface area contributed by atoms with Gasteiger partial charge in [-0.05, 0) is 30.5 Å². The fourth-order valence-corrected chi connectivity index (χ4v) is 2.43. The molecule has 1 saturated heterocycles. The van der Waals surface area contributed by atoms with Crippen LogP contribution in [0.4, 0.5) is 0 Å². The van der Waals surface area contributed by atoms with Gasteiger partial charge in [-0.3, -0.25) is 4.79 Å². The Morgan fingerprint density at radius 3 is 2.62 bits per heavy atom. The number of amides is 1. The largest absolute Gasteiger partial charge is 0.494 e. The summed E-state index contributed by atoms with van der Waals surface area (Å²) in [7, 11) is 0. The van der Waals surface area contributed by atoms with Gasteiger partial charge in [0, 0.05) is 19.5 Å². The molecule has 4 nitrogen and oxygen atoms in total. The number of hydrogen-bond acceptors (Lipinski definition) is 3. The molecule has 1 aromatic rings. The van der Waals surface area contributed by atoms with Crippen molar-refractivity contribution in [2.24, 2.45) is 0 Å². The minimum Gasteiger partial charge on any atom is -0.494 e. The van der Waals surface area contributed by atoms with Crippen molar-refractivity contribution < 1.29 is 14.3 Å². The van der Waals surface area contributed by atoms with Crippen LogP contribution in [0.15, 0.2) is 24.3 Å². The number of carbonyl (C=O) groups excluding carboxylic acids is 1. The van der Waals surface area contributed by atoms with E-state index in [1.165, 1.54) is 5.56 Å². The van der Waals surface area contributed by atoms with Crippen LogP contribution in [-0.2, 0) is 16.0 Å². The zero-order valence-corrected chi connectivity index (χ0v) is 12.8. The van der Waals surface area contributed by atoms with Crippen LogP contribution in [0.2, 0.25) is 0 Å². The first kappa shape index (κ1) is 15.8. The highest BCUT2D eigenvalue weighted by Crippen LogP contribution is 2.14. The van der Waals surface area contributed by atoms with E-state index in [1.54, 1.807) is 0 Å². The number of aryl methyl sites for hydroxylation is 1. The second-order valence-corrected chi connectivity index (χ2v) is 5.34. The number of nitrogens with zero attached hydrogens (tertiary/aromatic N) is 1. The fraction of sp³-hybridized carbons (Fsp3) is 0.588. The molecule has 0 saturated carbocycles. The van der Waals surface area contributed by atoms with Crippen molar-refractivity contribution >= 4 is 5.91 Å². The van der Waals surface area contributed by atoms with Crippen LogP contribution in [-0.4, -0.2) is 43.7 Å². The molecule has 1 aliphatic rings. The van der Waals surface area contributed by atoms with E-state index >= 15 is 0 Å². The maximum Gasteiger partial charge on any atom is 0.222 e. The molecule has 0 aromatic heterocycles. The zero-order chi connectivity index (χ0) is 14.9. The Morgan fingerprint density at radius 2 is 1.95 bits per heavy atom. The van der Waals surface area contributed by atoms with Gasteiger partial charge in [-0.2, -0.15) is 0 Å². The first-order chi connectivity index (χ1) is 10.3. The molecule has 0 unspecified atom stereocenters. The highest BCUT2D eigenvalue weighted by Gasteiger charge is 2.15. The predicted molar refractivity (Wildman–Crippen MR) is 82.6 cm³/mol. The summed E-state index contributed by atoms with van der Waals surface area (Å²) < 4.78 is 10.9. The summed E-state index contributed by atoms with van der Waals surface area (Å²) in [6.07, 6.45) is 3.57. The minimum atomic E-state index is 0.209. The number of carbonyl (C=O) groups is 1. The van der Waals surface area contributed by atoms with Crippen LogP contribution in [0.1, 0.15) is 31.7 Å². The Hall–Kier alpha value is -1.55. The number of rotatable bonds is 7. The second-order valence-electron chi connectivity index (χ2n) is 5.34. The Morgan fingerprint density at radius 1 is 1.24 bits per heavy atom. The molecule has 0 radical (unpaired) electrons. The molecule has 1 amide bonds. The summed E-state index contributed by atoms with van der Waals surface area (Å²) in [6, 6.07) is 8.24. The summed E-state index contributed by atoms with van der Waals surface area (Å²) in [4.78, 5) is 13.8. The summed E-state index contributed by atoms with van der Waals surface area (Å²) in [5, 5.41) is 0. The number of benzene rings is 1. The first-order valence-electron chi connectivity index (χ1n) is 7.87. The third kappa shape index (κ3) is 5.38. The summed E-state index contributed by atoms with van der Waals surface area (Å²) in [5.74, 6) is 1.09. The highest BCUT2D eigenvalue weighted by atomic mass is 16.5. The topological polar surface area (TPSA) is 38.8 Å². The van der Waals surface area contributed by atoms with Crippen LogP contribution in [0.3, 0.4) is 0 Å². The lowest BCUT2D eigenvalue weighted by molar-refractivity contribution is -0.135. The molecule has 0 bridgehead atoms. The first-order valence-corrected chi connectivity index (χ1v) is 7.87. The van der Waals surface area contributed by atoms with E-state index in [9.17, 15) is 4.79 Å². The van der Waals surface area contributed by atoms with E-state index in [0.29, 0.717) is 26.2 Å². The monoisotopic (exact) mass is 291 g/mol. The molecule has 1 heterocycles. The third-order valence-electron chi connectivity index (χ3n) is 3.63. The molecule has 1 fully saturated rings. The Kier molecular flexibility index (Phi) is 6.54. The van der Waals surface area contributed by atoms with Gasteiger partial charge in [0.05, 0.1) is 19.8 Å². The van der Waals surface area contributed by atoms with E-state index in [0.717, 1.165) is 38.1 Å². The van der Waals surface area contributed by atoms with Gasteiger partial charge in [0.15, 0.2) is 0 Å². The van der Waals surface area contributed by atoms with Crippen molar-refractivity contribution in [3.8, 4) is 5.75 Å². The maximum absolute atomic E-state index is 11.9. The van der Waals surface area contributed by atoms with Gasteiger partial charge in [0.1, 0.15) is 5.75 Å². The lowest BCUT2D eigenvalue weighted by atomic mass is 10.1. The molecule has 0 aliphatic carbocycles. The van der Waals surface area contributed by atoms with E-state index in [-0.39, 0.29) is 5.91 Å². The number of ether oxygens (including phenoxy) is 2. The van der Waals surface area contributed by atoms with Gasteiger partial charge in [-0.25, -0.2) is 0 Å². The van der Waals surface area contributed by atoms with E-state index < -0.39 is 0 Å². The van der Waals surface area contributed by atoms with E-state index in [2.05, 4.69) is 19.1 Å². The van der Waals surface area contributed by atoms with Crippen molar-refractivity contribution in [1.82, 2.24) is 4.90 Å². The molecule has 0 N–H and O–H groups in total. The standard InChI is InChI=1S/C17H25NO3/c1-2-4-15-6-8-16(9-7-15)21-12-3-5-17(19)18-10-13-20-14-11-18/h6-9H,2-5,10-14H2,1H3. The van der Waals surface area contributed by atoms with Crippen LogP contribution in [0, 0.1) is 0 Å². The number of morpholine rings is 1. The van der Waals surface area contributed by atoms with Gasteiger partial charge >= 0.3 is 0 Å². The molecule has 0 spiro atoms. The molecular weight excluding hydrogens is 266 g/mol. The van der Waals surface area contributed by atoms with Gasteiger partial charge in [0.2, 0.25) is 5.91 Å². The normalized spacial score (nSPS) is 15.0. The van der Waals surface area contributed by atoms with Crippen LogP contribution >= 0.6 is 0 Å². The number of hydrogen-bond donors (Lipinski definition) is 0. The SMILES string of the molecule is CCCc1ccc(OCCCC(=O)N2CCOCC2)cc1. The van der Waals surface area contributed by atoms with Gasteiger partial charge < -0.3 is 14.4 Å². The van der Waals surface area contributed by atoms with Crippen LogP contribution < -0.4 is 4.74 Å². The summed E-state index contributed by atoms with van der Waals surface area (Å²) >= 11 is 0. The smallest absolute Gasteiger partial charge is 0.222 e. The summed E-state index contributed by atoms with van der Waals surface area (Å²) in [6.45, 7) is 5.52.